The van der Waals surface area contributed by atoms with Crippen molar-refractivity contribution >= 4 is 31.9 Å². The Kier molecular flexibility index (Phi) is 3.73. The van der Waals surface area contributed by atoms with Gasteiger partial charge in [0.05, 0.1) is 7.11 Å². The summed E-state index contributed by atoms with van der Waals surface area (Å²) < 4.78 is 6.50. The molecule has 1 saturated carbocycles. The average Bonchev–Trinajstić information content (AvgIpc) is 2.15. The zero-order valence-electron chi connectivity index (χ0n) is 8.67. The first-order valence-electron chi connectivity index (χ1n) is 5.20. The first-order valence-corrected chi connectivity index (χ1v) is 6.90. The van der Waals surface area contributed by atoms with Crippen molar-refractivity contribution in [3.8, 4) is 5.75 Å². The Bertz CT molecular complexity index is 347. The van der Waals surface area contributed by atoms with Crippen molar-refractivity contribution in [2.75, 3.05) is 7.11 Å². The fraction of sp³-hybridized carbons (Fsp3) is 0.500. The molecular formula is C12H14Br2O. The van der Waals surface area contributed by atoms with E-state index in [-0.39, 0.29) is 0 Å². The van der Waals surface area contributed by atoms with Crippen LogP contribution >= 0.6 is 31.9 Å². The summed E-state index contributed by atoms with van der Waals surface area (Å²) in [5.41, 5.74) is 1.26. The molecule has 1 fully saturated rings. The van der Waals surface area contributed by atoms with Crippen LogP contribution in [0.25, 0.3) is 0 Å². The van der Waals surface area contributed by atoms with Gasteiger partial charge in [-0.25, -0.2) is 0 Å². The van der Waals surface area contributed by atoms with Crippen molar-refractivity contribution in [1.82, 2.24) is 0 Å². The summed E-state index contributed by atoms with van der Waals surface area (Å²) in [6.07, 6.45) is 4.01. The van der Waals surface area contributed by atoms with Crippen molar-refractivity contribution < 1.29 is 4.74 Å². The highest BCUT2D eigenvalue weighted by molar-refractivity contribution is 9.10. The zero-order valence-corrected chi connectivity index (χ0v) is 11.8. The van der Waals surface area contributed by atoms with E-state index in [4.69, 9.17) is 4.74 Å². The van der Waals surface area contributed by atoms with Crippen molar-refractivity contribution in [3.63, 3.8) is 0 Å². The third kappa shape index (κ3) is 2.39. The number of hydrogen-bond acceptors (Lipinski definition) is 1. The van der Waals surface area contributed by atoms with Crippen molar-refractivity contribution in [2.24, 2.45) is 5.92 Å². The summed E-state index contributed by atoms with van der Waals surface area (Å²) >= 11 is 7.29. The average molecular weight is 334 g/mol. The molecule has 1 aromatic rings. The first kappa shape index (κ1) is 11.5. The van der Waals surface area contributed by atoms with Gasteiger partial charge in [0.25, 0.3) is 0 Å². The lowest BCUT2D eigenvalue weighted by Gasteiger charge is -2.31. The van der Waals surface area contributed by atoms with Gasteiger partial charge < -0.3 is 4.74 Å². The van der Waals surface area contributed by atoms with Crippen LogP contribution in [0.5, 0.6) is 5.75 Å². The van der Waals surface area contributed by atoms with Gasteiger partial charge in [0, 0.05) is 14.9 Å². The van der Waals surface area contributed by atoms with Crippen LogP contribution in [0.1, 0.15) is 29.7 Å². The topological polar surface area (TPSA) is 9.23 Å². The Labute approximate surface area is 107 Å². The minimum Gasteiger partial charge on any atom is -0.496 e. The molecule has 0 N–H and O–H groups in total. The summed E-state index contributed by atoms with van der Waals surface area (Å²) in [5.74, 6) is 1.75. The molecule has 0 saturated heterocycles. The van der Waals surface area contributed by atoms with Gasteiger partial charge in [0.15, 0.2) is 0 Å². The third-order valence-corrected chi connectivity index (χ3v) is 4.79. The summed E-state index contributed by atoms with van der Waals surface area (Å²) in [6.45, 7) is 0. The molecule has 0 amide bonds. The van der Waals surface area contributed by atoms with E-state index < -0.39 is 0 Å². The number of methoxy groups -OCH3 is 1. The van der Waals surface area contributed by atoms with Crippen molar-refractivity contribution in [2.45, 2.75) is 24.1 Å². The molecule has 1 unspecified atom stereocenters. The molecule has 0 bridgehead atoms. The highest BCUT2D eigenvalue weighted by Gasteiger charge is 2.28. The highest BCUT2D eigenvalue weighted by atomic mass is 79.9. The van der Waals surface area contributed by atoms with Crippen LogP contribution in [0.4, 0.5) is 0 Å². The molecule has 1 atom stereocenters. The van der Waals surface area contributed by atoms with Crippen molar-refractivity contribution in [3.05, 3.63) is 28.2 Å². The lowest BCUT2D eigenvalue weighted by atomic mass is 9.80. The molecule has 1 aromatic carbocycles. The quantitative estimate of drug-likeness (QED) is 0.729. The summed E-state index contributed by atoms with van der Waals surface area (Å²) in [7, 11) is 1.73. The Balaban J connectivity index is 2.27. The minimum atomic E-state index is 0.429. The predicted octanol–water partition coefficient (Wildman–Crippen LogP) is 4.69. The van der Waals surface area contributed by atoms with Gasteiger partial charge in [-0.3, -0.25) is 0 Å². The largest absolute Gasteiger partial charge is 0.496 e. The SMILES string of the molecule is COc1ccc(Br)cc1C(Br)C1CCC1. The number of halogens is 2. The van der Waals surface area contributed by atoms with Gasteiger partial charge in [-0.15, -0.1) is 0 Å². The molecule has 1 nitrogen and oxygen atoms in total. The molecule has 1 aliphatic rings. The molecule has 15 heavy (non-hydrogen) atoms. The minimum absolute atomic E-state index is 0.429. The number of hydrogen-bond donors (Lipinski definition) is 0. The van der Waals surface area contributed by atoms with Crippen LogP contribution in [-0.4, -0.2) is 7.11 Å². The van der Waals surface area contributed by atoms with Gasteiger partial charge in [-0.1, -0.05) is 38.3 Å². The van der Waals surface area contributed by atoms with Crippen LogP contribution < -0.4 is 4.74 Å². The Morgan fingerprint density at radius 2 is 2.13 bits per heavy atom. The van der Waals surface area contributed by atoms with Gasteiger partial charge in [0.2, 0.25) is 0 Å². The Hall–Kier alpha value is -0.0200. The normalized spacial score (nSPS) is 18.3. The van der Waals surface area contributed by atoms with Crippen LogP contribution in [0.3, 0.4) is 0 Å². The summed E-state index contributed by atoms with van der Waals surface area (Å²) in [4.78, 5) is 0.429. The van der Waals surface area contributed by atoms with Crippen LogP contribution in [-0.2, 0) is 0 Å². The number of rotatable bonds is 3. The van der Waals surface area contributed by atoms with Crippen molar-refractivity contribution in [1.29, 1.82) is 0 Å². The standard InChI is InChI=1S/C12H14Br2O/c1-15-11-6-5-9(13)7-10(11)12(14)8-3-2-4-8/h5-8,12H,2-4H2,1H3. The van der Waals surface area contributed by atoms with E-state index in [1.165, 1.54) is 24.8 Å². The zero-order chi connectivity index (χ0) is 10.8. The fourth-order valence-corrected chi connectivity index (χ4v) is 3.17. The van der Waals surface area contributed by atoms with E-state index in [0.717, 1.165) is 16.1 Å². The van der Waals surface area contributed by atoms with E-state index in [1.807, 2.05) is 12.1 Å². The van der Waals surface area contributed by atoms with E-state index in [0.29, 0.717) is 4.83 Å². The maximum atomic E-state index is 5.39. The molecule has 3 heteroatoms. The molecule has 0 spiro atoms. The number of alkyl halides is 1. The molecule has 0 aliphatic heterocycles. The Morgan fingerprint density at radius 1 is 1.40 bits per heavy atom. The maximum Gasteiger partial charge on any atom is 0.123 e. The molecule has 2 rings (SSSR count). The van der Waals surface area contributed by atoms with E-state index in [2.05, 4.69) is 37.9 Å². The second-order valence-electron chi connectivity index (χ2n) is 3.98. The second kappa shape index (κ2) is 4.88. The lowest BCUT2D eigenvalue weighted by Crippen LogP contribution is -2.16. The van der Waals surface area contributed by atoms with Crippen LogP contribution in [0, 0.1) is 5.92 Å². The molecule has 0 aromatic heterocycles. The van der Waals surface area contributed by atoms with Crippen LogP contribution in [0.15, 0.2) is 22.7 Å². The monoisotopic (exact) mass is 332 g/mol. The number of benzene rings is 1. The van der Waals surface area contributed by atoms with Gasteiger partial charge in [-0.2, -0.15) is 0 Å². The summed E-state index contributed by atoms with van der Waals surface area (Å²) in [6, 6.07) is 6.19. The maximum absolute atomic E-state index is 5.39. The van der Waals surface area contributed by atoms with E-state index in [9.17, 15) is 0 Å². The van der Waals surface area contributed by atoms with Gasteiger partial charge >= 0.3 is 0 Å². The molecule has 0 heterocycles. The molecule has 0 radical (unpaired) electrons. The number of ether oxygens (including phenoxy) is 1. The predicted molar refractivity (Wildman–Crippen MR) is 69.7 cm³/mol. The second-order valence-corrected chi connectivity index (χ2v) is 5.88. The highest BCUT2D eigenvalue weighted by Crippen LogP contribution is 2.46. The van der Waals surface area contributed by atoms with E-state index >= 15 is 0 Å². The Morgan fingerprint density at radius 3 is 2.67 bits per heavy atom. The fourth-order valence-electron chi connectivity index (χ4n) is 1.91. The molecule has 1 aliphatic carbocycles. The lowest BCUT2D eigenvalue weighted by molar-refractivity contribution is 0.307. The third-order valence-electron chi connectivity index (χ3n) is 3.05. The summed E-state index contributed by atoms with van der Waals surface area (Å²) in [5, 5.41) is 0. The van der Waals surface area contributed by atoms with E-state index in [1.54, 1.807) is 7.11 Å². The van der Waals surface area contributed by atoms with Gasteiger partial charge in [-0.05, 0) is 37.0 Å². The molecular weight excluding hydrogens is 320 g/mol. The smallest absolute Gasteiger partial charge is 0.123 e. The van der Waals surface area contributed by atoms with Crippen LogP contribution in [0.2, 0.25) is 0 Å². The first-order chi connectivity index (χ1) is 7.22. The van der Waals surface area contributed by atoms with Gasteiger partial charge in [0.1, 0.15) is 5.75 Å². The molecule has 82 valence electrons.